The highest BCUT2D eigenvalue weighted by atomic mass is 32.2. The van der Waals surface area contributed by atoms with E-state index in [1.54, 1.807) is 18.7 Å². The van der Waals surface area contributed by atoms with Crippen molar-refractivity contribution in [1.29, 1.82) is 0 Å². The lowest BCUT2D eigenvalue weighted by Crippen LogP contribution is -2.37. The molecule has 22 heavy (non-hydrogen) atoms. The van der Waals surface area contributed by atoms with Gasteiger partial charge in [0.05, 0.1) is 0 Å². The molecule has 0 aliphatic heterocycles. The fraction of sp³-hybridized carbons (Fsp3) is 0.769. The zero-order valence-corrected chi connectivity index (χ0v) is 14.7. The molecule has 0 N–H and O–H groups in total. The number of hydrogen-bond donors (Lipinski definition) is 0. The smallest absolute Gasteiger partial charge is 0.323 e. The normalized spacial score (nSPS) is 12.1. The molecule has 0 spiro atoms. The molecule has 0 fully saturated rings. The minimum atomic E-state index is -3.75. The molecule has 1 aromatic heterocycles. The van der Waals surface area contributed by atoms with E-state index in [1.165, 1.54) is 4.31 Å². The van der Waals surface area contributed by atoms with Crippen LogP contribution in [0.15, 0.2) is 11.5 Å². The van der Waals surface area contributed by atoms with Crippen LogP contribution in [0.3, 0.4) is 0 Å². The van der Waals surface area contributed by atoms with Gasteiger partial charge in [0, 0.05) is 26.2 Å². The van der Waals surface area contributed by atoms with Crippen molar-refractivity contribution in [3.05, 3.63) is 6.33 Å². The van der Waals surface area contributed by atoms with Gasteiger partial charge in [-0.25, -0.2) is 18.2 Å². The molecule has 1 heterocycles. The van der Waals surface area contributed by atoms with Gasteiger partial charge < -0.3 is 4.90 Å². The Balaban J connectivity index is 3.03. The molecule has 1 amide bonds. The largest absolute Gasteiger partial charge is 0.346 e. The van der Waals surface area contributed by atoms with Crippen molar-refractivity contribution >= 4 is 16.1 Å². The van der Waals surface area contributed by atoms with Gasteiger partial charge in [0.15, 0.2) is 0 Å². The summed E-state index contributed by atoms with van der Waals surface area (Å²) in [7, 11) is -3.75. The van der Waals surface area contributed by atoms with Crippen molar-refractivity contribution in [3.8, 4) is 0 Å². The molecule has 1 rings (SSSR count). The molecular formula is C13H25N5O3S. The maximum atomic E-state index is 12.3. The quantitative estimate of drug-likeness (QED) is 0.750. The molecule has 0 saturated heterocycles. The molecule has 0 saturated carbocycles. The van der Waals surface area contributed by atoms with Gasteiger partial charge in [0.25, 0.3) is 15.2 Å². The van der Waals surface area contributed by atoms with Crippen LogP contribution in [0.5, 0.6) is 0 Å². The first kappa shape index (κ1) is 18.6. The van der Waals surface area contributed by atoms with Crippen LogP contribution < -0.4 is 0 Å². The molecule has 1 aromatic rings. The van der Waals surface area contributed by atoms with Gasteiger partial charge in [0.1, 0.15) is 6.33 Å². The second kappa shape index (κ2) is 7.68. The van der Waals surface area contributed by atoms with Crippen molar-refractivity contribution < 1.29 is 13.2 Å². The van der Waals surface area contributed by atoms with Gasteiger partial charge >= 0.3 is 6.03 Å². The SMILES string of the molecule is CCN(CC(C)C)C(=O)n1cnc(S(=O)(=O)N(CC)CC)n1. The van der Waals surface area contributed by atoms with E-state index < -0.39 is 10.0 Å². The number of hydrogen-bond acceptors (Lipinski definition) is 5. The predicted octanol–water partition coefficient (Wildman–Crippen LogP) is 1.25. The molecule has 0 unspecified atom stereocenters. The molecule has 126 valence electrons. The molecule has 0 atom stereocenters. The average Bonchev–Trinajstić information content (AvgIpc) is 2.95. The van der Waals surface area contributed by atoms with Crippen molar-refractivity contribution in [3.63, 3.8) is 0 Å². The van der Waals surface area contributed by atoms with Crippen molar-refractivity contribution in [2.45, 2.75) is 39.8 Å². The third kappa shape index (κ3) is 4.04. The Labute approximate surface area is 132 Å². The first-order chi connectivity index (χ1) is 10.3. The maximum absolute atomic E-state index is 12.3. The van der Waals surface area contributed by atoms with Gasteiger partial charge in [-0.15, -0.1) is 5.10 Å². The number of sulfonamides is 1. The Morgan fingerprint density at radius 3 is 2.27 bits per heavy atom. The Kier molecular flexibility index (Phi) is 6.48. The monoisotopic (exact) mass is 331 g/mol. The van der Waals surface area contributed by atoms with E-state index in [-0.39, 0.29) is 11.2 Å². The molecule has 0 aliphatic carbocycles. The summed E-state index contributed by atoms with van der Waals surface area (Å²) in [5, 5.41) is 3.52. The average molecular weight is 331 g/mol. The lowest BCUT2D eigenvalue weighted by molar-refractivity contribution is 0.192. The summed E-state index contributed by atoms with van der Waals surface area (Å²) in [5.74, 6) is 0.311. The van der Waals surface area contributed by atoms with Crippen LogP contribution in [0, 0.1) is 5.92 Å². The van der Waals surface area contributed by atoms with E-state index in [1.807, 2.05) is 20.8 Å². The zero-order valence-electron chi connectivity index (χ0n) is 13.9. The van der Waals surface area contributed by atoms with E-state index in [4.69, 9.17) is 0 Å². The number of amides is 1. The number of nitrogens with zero attached hydrogens (tertiary/aromatic N) is 5. The lowest BCUT2D eigenvalue weighted by Gasteiger charge is -2.22. The molecule has 0 aromatic carbocycles. The van der Waals surface area contributed by atoms with E-state index in [2.05, 4.69) is 10.1 Å². The van der Waals surface area contributed by atoms with Gasteiger partial charge in [-0.2, -0.15) is 8.99 Å². The third-order valence-corrected chi connectivity index (χ3v) is 5.03. The van der Waals surface area contributed by atoms with Gasteiger partial charge in [-0.05, 0) is 12.8 Å². The lowest BCUT2D eigenvalue weighted by atomic mass is 10.2. The van der Waals surface area contributed by atoms with Gasteiger partial charge in [0.2, 0.25) is 0 Å². The summed E-state index contributed by atoms with van der Waals surface area (Å²) >= 11 is 0. The molecule has 0 bridgehead atoms. The van der Waals surface area contributed by atoms with Gasteiger partial charge in [-0.1, -0.05) is 27.7 Å². The Morgan fingerprint density at radius 1 is 1.23 bits per heavy atom. The Morgan fingerprint density at radius 2 is 1.82 bits per heavy atom. The number of rotatable bonds is 7. The molecule has 0 radical (unpaired) electrons. The van der Waals surface area contributed by atoms with Crippen molar-refractivity contribution in [1.82, 2.24) is 24.0 Å². The fourth-order valence-corrected chi connectivity index (χ4v) is 3.35. The first-order valence-electron chi connectivity index (χ1n) is 7.48. The minimum Gasteiger partial charge on any atom is -0.323 e. The minimum absolute atomic E-state index is 0.311. The van der Waals surface area contributed by atoms with Crippen LogP contribution in [0.25, 0.3) is 0 Å². The van der Waals surface area contributed by atoms with Gasteiger partial charge in [-0.3, -0.25) is 0 Å². The third-order valence-electron chi connectivity index (χ3n) is 3.18. The number of carbonyl (C=O) groups excluding carboxylic acids is 1. The standard InChI is InChI=1S/C13H25N5O3S/c1-6-16(9-11(4)5)13(19)18-10-14-12(15-18)22(20,21)17(7-2)8-3/h10-11H,6-9H2,1-5H3. The highest BCUT2D eigenvalue weighted by molar-refractivity contribution is 7.88. The highest BCUT2D eigenvalue weighted by Crippen LogP contribution is 2.10. The van der Waals surface area contributed by atoms with Crippen LogP contribution in [0.1, 0.15) is 34.6 Å². The maximum Gasteiger partial charge on any atom is 0.346 e. The van der Waals surface area contributed by atoms with E-state index in [0.717, 1.165) is 11.0 Å². The van der Waals surface area contributed by atoms with Crippen molar-refractivity contribution in [2.75, 3.05) is 26.2 Å². The number of aromatic nitrogens is 3. The topological polar surface area (TPSA) is 88.4 Å². The fourth-order valence-electron chi connectivity index (χ4n) is 2.07. The zero-order chi connectivity index (χ0) is 16.9. The summed E-state index contributed by atoms with van der Waals surface area (Å²) in [4.78, 5) is 17.7. The van der Waals surface area contributed by atoms with E-state index in [0.29, 0.717) is 32.1 Å². The summed E-state index contributed by atoms with van der Waals surface area (Å²) < 4.78 is 26.9. The van der Waals surface area contributed by atoms with Crippen molar-refractivity contribution in [2.24, 2.45) is 5.92 Å². The van der Waals surface area contributed by atoms with Crippen LogP contribution in [-0.2, 0) is 10.0 Å². The van der Waals surface area contributed by atoms with E-state index in [9.17, 15) is 13.2 Å². The van der Waals surface area contributed by atoms with E-state index >= 15 is 0 Å². The second-order valence-electron chi connectivity index (χ2n) is 5.28. The molecular weight excluding hydrogens is 306 g/mol. The summed E-state index contributed by atoms with van der Waals surface area (Å²) in [6, 6.07) is -0.371. The Hall–Kier alpha value is -1.48. The molecule has 0 aliphatic rings. The molecule has 8 nitrogen and oxygen atoms in total. The summed E-state index contributed by atoms with van der Waals surface area (Å²) in [6.45, 7) is 11.1. The number of carbonyl (C=O) groups is 1. The summed E-state index contributed by atoms with van der Waals surface area (Å²) in [6.07, 6.45) is 1.15. The predicted molar refractivity (Wildman–Crippen MR) is 83.0 cm³/mol. The van der Waals surface area contributed by atoms with Crippen LogP contribution >= 0.6 is 0 Å². The van der Waals surface area contributed by atoms with Crippen LogP contribution in [0.4, 0.5) is 4.79 Å². The molecule has 9 heteroatoms. The highest BCUT2D eigenvalue weighted by Gasteiger charge is 2.27. The van der Waals surface area contributed by atoms with Crippen LogP contribution in [-0.4, -0.2) is 64.6 Å². The Bertz CT molecular complexity index is 593. The summed E-state index contributed by atoms with van der Waals surface area (Å²) in [5.41, 5.74) is 0. The second-order valence-corrected chi connectivity index (χ2v) is 7.11. The first-order valence-corrected chi connectivity index (χ1v) is 8.92. The van der Waals surface area contributed by atoms with Crippen LogP contribution in [0.2, 0.25) is 0 Å².